The lowest BCUT2D eigenvalue weighted by Crippen LogP contribution is -2.26. The number of hydrogen-bond acceptors (Lipinski definition) is 4. The molecule has 3 rings (SSSR count). The van der Waals surface area contributed by atoms with E-state index < -0.39 is 5.82 Å². The van der Waals surface area contributed by atoms with E-state index in [1.165, 1.54) is 27.6 Å². The standard InChI is InChI=1S/C12H12ClFN4O2/c13-10-7-9(3-4-11(10)14)20-6-5-17-12(19)18(16-15-17)8-1-2-8/h3-4,7-8H,1-2,5-6H2. The molecule has 0 saturated heterocycles. The van der Waals surface area contributed by atoms with Crippen molar-refractivity contribution in [3.8, 4) is 5.75 Å². The third kappa shape index (κ3) is 2.67. The molecule has 0 N–H and O–H groups in total. The molecule has 0 aliphatic heterocycles. The summed E-state index contributed by atoms with van der Waals surface area (Å²) in [4.78, 5) is 11.9. The van der Waals surface area contributed by atoms with Gasteiger partial charge in [-0.3, -0.25) is 0 Å². The van der Waals surface area contributed by atoms with Gasteiger partial charge in [0.15, 0.2) is 0 Å². The van der Waals surface area contributed by atoms with Gasteiger partial charge in [0.2, 0.25) is 0 Å². The Kier molecular flexibility index (Phi) is 3.43. The molecule has 1 saturated carbocycles. The summed E-state index contributed by atoms with van der Waals surface area (Å²) in [6, 6.07) is 4.30. The molecule has 8 heteroatoms. The van der Waals surface area contributed by atoms with E-state index in [0.29, 0.717) is 5.75 Å². The van der Waals surface area contributed by atoms with Crippen LogP contribution in [0.3, 0.4) is 0 Å². The van der Waals surface area contributed by atoms with E-state index in [0.717, 1.165) is 12.8 Å². The van der Waals surface area contributed by atoms with E-state index in [-0.39, 0.29) is 29.9 Å². The van der Waals surface area contributed by atoms with Crippen LogP contribution in [0.5, 0.6) is 5.75 Å². The number of ether oxygens (including phenoxy) is 1. The molecule has 1 heterocycles. The topological polar surface area (TPSA) is 61.9 Å². The predicted molar refractivity (Wildman–Crippen MR) is 69.5 cm³/mol. The van der Waals surface area contributed by atoms with E-state index in [1.54, 1.807) is 0 Å². The quantitative estimate of drug-likeness (QED) is 0.842. The lowest BCUT2D eigenvalue weighted by Gasteiger charge is -2.05. The first-order valence-corrected chi connectivity index (χ1v) is 6.63. The smallest absolute Gasteiger partial charge is 0.364 e. The summed E-state index contributed by atoms with van der Waals surface area (Å²) in [5.41, 5.74) is -0.228. The highest BCUT2D eigenvalue weighted by Crippen LogP contribution is 2.32. The maximum Gasteiger partial charge on any atom is 0.364 e. The predicted octanol–water partition coefficient (Wildman–Crippen LogP) is 1.65. The van der Waals surface area contributed by atoms with E-state index in [4.69, 9.17) is 16.3 Å². The van der Waals surface area contributed by atoms with Crippen molar-refractivity contribution in [1.82, 2.24) is 19.8 Å². The Balaban J connectivity index is 1.59. The van der Waals surface area contributed by atoms with Gasteiger partial charge in [-0.25, -0.2) is 9.18 Å². The summed E-state index contributed by atoms with van der Waals surface area (Å²) in [7, 11) is 0. The first-order valence-electron chi connectivity index (χ1n) is 6.25. The van der Waals surface area contributed by atoms with Crippen LogP contribution in [0.25, 0.3) is 0 Å². The Labute approximate surface area is 118 Å². The van der Waals surface area contributed by atoms with Crippen molar-refractivity contribution < 1.29 is 9.13 Å². The Morgan fingerprint density at radius 3 is 2.90 bits per heavy atom. The molecule has 1 aliphatic carbocycles. The number of benzene rings is 1. The fourth-order valence-electron chi connectivity index (χ4n) is 1.79. The third-order valence-electron chi connectivity index (χ3n) is 3.02. The second-order valence-electron chi connectivity index (χ2n) is 4.58. The molecule has 0 spiro atoms. The average molecular weight is 299 g/mol. The molecule has 2 aromatic rings. The molecule has 1 aliphatic rings. The Morgan fingerprint density at radius 1 is 1.40 bits per heavy atom. The maximum absolute atomic E-state index is 13.0. The number of nitrogens with zero attached hydrogens (tertiary/aromatic N) is 4. The van der Waals surface area contributed by atoms with Gasteiger partial charge in [-0.1, -0.05) is 11.6 Å². The highest BCUT2D eigenvalue weighted by molar-refractivity contribution is 6.30. The molecule has 1 aromatic carbocycles. The molecule has 0 amide bonds. The van der Waals surface area contributed by atoms with Crippen LogP contribution < -0.4 is 10.4 Å². The second-order valence-corrected chi connectivity index (χ2v) is 4.99. The van der Waals surface area contributed by atoms with Crippen molar-refractivity contribution in [2.24, 2.45) is 0 Å². The normalized spacial score (nSPS) is 14.5. The number of tetrazole rings is 1. The van der Waals surface area contributed by atoms with Crippen LogP contribution in [-0.4, -0.2) is 26.4 Å². The van der Waals surface area contributed by atoms with Crippen molar-refractivity contribution in [3.05, 3.63) is 39.5 Å². The number of rotatable bonds is 5. The molecule has 20 heavy (non-hydrogen) atoms. The maximum atomic E-state index is 13.0. The Bertz CT molecular complexity index is 680. The van der Waals surface area contributed by atoms with Gasteiger partial charge in [-0.2, -0.15) is 9.36 Å². The van der Waals surface area contributed by atoms with Crippen molar-refractivity contribution in [1.29, 1.82) is 0 Å². The molecule has 0 radical (unpaired) electrons. The monoisotopic (exact) mass is 298 g/mol. The molecule has 0 bridgehead atoms. The zero-order valence-electron chi connectivity index (χ0n) is 10.5. The van der Waals surface area contributed by atoms with Gasteiger partial charge in [0.1, 0.15) is 18.2 Å². The largest absolute Gasteiger partial charge is 0.492 e. The summed E-state index contributed by atoms with van der Waals surface area (Å²) < 4.78 is 21.0. The van der Waals surface area contributed by atoms with Gasteiger partial charge in [-0.15, -0.1) is 0 Å². The van der Waals surface area contributed by atoms with Crippen LogP contribution >= 0.6 is 11.6 Å². The zero-order valence-corrected chi connectivity index (χ0v) is 11.3. The van der Waals surface area contributed by atoms with E-state index in [9.17, 15) is 9.18 Å². The van der Waals surface area contributed by atoms with Crippen LogP contribution in [0.1, 0.15) is 18.9 Å². The van der Waals surface area contributed by atoms with Gasteiger partial charge in [0.25, 0.3) is 0 Å². The molecule has 106 valence electrons. The van der Waals surface area contributed by atoms with Crippen LogP contribution in [0.4, 0.5) is 4.39 Å². The van der Waals surface area contributed by atoms with Crippen molar-refractivity contribution >= 4 is 11.6 Å². The van der Waals surface area contributed by atoms with Gasteiger partial charge < -0.3 is 4.74 Å². The SMILES string of the molecule is O=c1n(CCOc2ccc(F)c(Cl)c2)nnn1C1CC1. The highest BCUT2D eigenvalue weighted by atomic mass is 35.5. The molecular formula is C12H12ClFN4O2. The van der Waals surface area contributed by atoms with Crippen molar-refractivity contribution in [2.75, 3.05) is 6.61 Å². The van der Waals surface area contributed by atoms with Crippen LogP contribution in [0.2, 0.25) is 5.02 Å². The Morgan fingerprint density at radius 2 is 2.20 bits per heavy atom. The van der Waals surface area contributed by atoms with Gasteiger partial charge >= 0.3 is 5.69 Å². The minimum atomic E-state index is -0.498. The first kappa shape index (κ1) is 13.1. The highest BCUT2D eigenvalue weighted by Gasteiger charge is 2.27. The second kappa shape index (κ2) is 5.24. The van der Waals surface area contributed by atoms with Crippen molar-refractivity contribution in [2.45, 2.75) is 25.4 Å². The van der Waals surface area contributed by atoms with E-state index in [1.807, 2.05) is 0 Å². The summed E-state index contributed by atoms with van der Waals surface area (Å²) in [6.07, 6.45) is 1.95. The molecule has 1 fully saturated rings. The average Bonchev–Trinajstić information content (AvgIpc) is 3.20. The molecule has 0 unspecified atom stereocenters. The number of hydrogen-bond donors (Lipinski definition) is 0. The third-order valence-corrected chi connectivity index (χ3v) is 3.31. The fourth-order valence-corrected chi connectivity index (χ4v) is 1.96. The Hall–Kier alpha value is -1.89. The van der Waals surface area contributed by atoms with Crippen LogP contribution in [0, 0.1) is 5.82 Å². The lowest BCUT2D eigenvalue weighted by molar-refractivity contribution is 0.287. The zero-order chi connectivity index (χ0) is 14.1. The van der Waals surface area contributed by atoms with Crippen LogP contribution in [-0.2, 0) is 6.54 Å². The first-order chi connectivity index (χ1) is 9.65. The fraction of sp³-hybridized carbons (Fsp3) is 0.417. The number of halogens is 2. The molecular weight excluding hydrogens is 287 g/mol. The summed E-state index contributed by atoms with van der Waals surface area (Å²) in [5, 5.41) is 7.61. The summed E-state index contributed by atoms with van der Waals surface area (Å²) >= 11 is 5.64. The van der Waals surface area contributed by atoms with Gasteiger partial charge in [0, 0.05) is 6.07 Å². The van der Waals surface area contributed by atoms with Gasteiger partial charge in [-0.05, 0) is 35.4 Å². The molecule has 0 atom stereocenters. The minimum absolute atomic E-state index is 0.000607. The minimum Gasteiger partial charge on any atom is -0.492 e. The summed E-state index contributed by atoms with van der Waals surface area (Å²) in [5.74, 6) is -0.0540. The van der Waals surface area contributed by atoms with E-state index >= 15 is 0 Å². The summed E-state index contributed by atoms with van der Waals surface area (Å²) in [6.45, 7) is 0.506. The van der Waals surface area contributed by atoms with Crippen LogP contribution in [0.15, 0.2) is 23.0 Å². The van der Waals surface area contributed by atoms with Crippen molar-refractivity contribution in [3.63, 3.8) is 0 Å². The molecule has 1 aromatic heterocycles. The van der Waals surface area contributed by atoms with Gasteiger partial charge in [0.05, 0.1) is 17.6 Å². The lowest BCUT2D eigenvalue weighted by atomic mass is 10.3. The number of aromatic nitrogens is 4. The van der Waals surface area contributed by atoms with E-state index in [2.05, 4.69) is 10.4 Å². The molecule has 6 nitrogen and oxygen atoms in total.